The van der Waals surface area contributed by atoms with Gasteiger partial charge in [0.25, 0.3) is 0 Å². The van der Waals surface area contributed by atoms with Gasteiger partial charge in [0, 0.05) is 4.47 Å². The highest BCUT2D eigenvalue weighted by molar-refractivity contribution is 9.10. The number of carbonyl (C=O) groups excluding carboxylic acids is 2. The summed E-state index contributed by atoms with van der Waals surface area (Å²) in [6.45, 7) is 0. The molecule has 1 aromatic rings. The van der Waals surface area contributed by atoms with Gasteiger partial charge >= 0.3 is 11.9 Å². The van der Waals surface area contributed by atoms with E-state index in [4.69, 9.17) is 0 Å². The Morgan fingerprint density at radius 3 is 2.81 bits per heavy atom. The summed E-state index contributed by atoms with van der Waals surface area (Å²) in [5.74, 6) is -1.03. The van der Waals surface area contributed by atoms with Gasteiger partial charge in [0.15, 0.2) is 0 Å². The van der Waals surface area contributed by atoms with Gasteiger partial charge in [-0.15, -0.1) is 0 Å². The predicted octanol–water partition coefficient (Wildman–Crippen LogP) is 2.47. The largest absolute Gasteiger partial charge is 0.393 e. The zero-order chi connectivity index (χ0) is 11.5. The average molecular weight is 283 g/mol. The van der Waals surface area contributed by atoms with Crippen molar-refractivity contribution in [2.24, 2.45) is 5.92 Å². The molecule has 1 atom stereocenters. The van der Waals surface area contributed by atoms with E-state index in [2.05, 4.69) is 20.7 Å². The van der Waals surface area contributed by atoms with Gasteiger partial charge in [0.2, 0.25) is 0 Å². The first-order chi connectivity index (χ1) is 7.65. The van der Waals surface area contributed by atoms with Crippen LogP contribution in [0, 0.1) is 5.92 Å². The molecule has 1 unspecified atom stereocenters. The minimum Gasteiger partial charge on any atom is -0.393 e. The monoisotopic (exact) mass is 282 g/mol. The number of carbonyl (C=O) groups is 2. The van der Waals surface area contributed by atoms with Crippen LogP contribution in [0.5, 0.6) is 0 Å². The summed E-state index contributed by atoms with van der Waals surface area (Å²) in [4.78, 5) is 22.1. The maximum absolute atomic E-state index is 11.2. The third kappa shape index (κ3) is 2.70. The fourth-order valence-corrected chi connectivity index (χ4v) is 2.22. The second-order valence-corrected chi connectivity index (χ2v) is 4.78. The summed E-state index contributed by atoms with van der Waals surface area (Å²) in [6, 6.07) is 7.93. The highest BCUT2D eigenvalue weighted by atomic mass is 79.9. The lowest BCUT2D eigenvalue weighted by atomic mass is 9.98. The molecule has 1 aliphatic rings. The van der Waals surface area contributed by atoms with Crippen LogP contribution in [0.25, 0.3) is 0 Å². The van der Waals surface area contributed by atoms with E-state index >= 15 is 0 Å². The van der Waals surface area contributed by atoms with Gasteiger partial charge in [-0.3, -0.25) is 9.59 Å². The summed E-state index contributed by atoms with van der Waals surface area (Å²) < 4.78 is 5.52. The van der Waals surface area contributed by atoms with Crippen molar-refractivity contribution in [3.05, 3.63) is 34.3 Å². The number of aryl methyl sites for hydroxylation is 1. The van der Waals surface area contributed by atoms with Crippen LogP contribution >= 0.6 is 15.9 Å². The number of halogens is 1. The second-order valence-electron chi connectivity index (χ2n) is 3.86. The molecule has 2 rings (SSSR count). The summed E-state index contributed by atoms with van der Waals surface area (Å²) in [5.41, 5.74) is 1.15. The van der Waals surface area contributed by atoms with Gasteiger partial charge in [-0.25, -0.2) is 0 Å². The highest BCUT2D eigenvalue weighted by Gasteiger charge is 2.32. The van der Waals surface area contributed by atoms with Crippen molar-refractivity contribution < 1.29 is 14.3 Å². The quantitative estimate of drug-likeness (QED) is 0.632. The summed E-state index contributed by atoms with van der Waals surface area (Å²) in [6.07, 6.45) is 1.68. The van der Waals surface area contributed by atoms with E-state index in [1.54, 1.807) is 0 Å². The summed E-state index contributed by atoms with van der Waals surface area (Å²) in [7, 11) is 0. The molecule has 1 aliphatic heterocycles. The van der Waals surface area contributed by atoms with Crippen LogP contribution < -0.4 is 0 Å². The van der Waals surface area contributed by atoms with E-state index in [9.17, 15) is 9.59 Å². The lowest BCUT2D eigenvalue weighted by Gasteiger charge is -2.04. The zero-order valence-electron chi connectivity index (χ0n) is 8.61. The summed E-state index contributed by atoms with van der Waals surface area (Å²) in [5, 5.41) is 0. The highest BCUT2D eigenvalue weighted by Crippen LogP contribution is 2.22. The van der Waals surface area contributed by atoms with Gasteiger partial charge in [-0.05, 0) is 30.5 Å². The van der Waals surface area contributed by atoms with Gasteiger partial charge < -0.3 is 4.74 Å². The van der Waals surface area contributed by atoms with Crippen LogP contribution in [0.4, 0.5) is 0 Å². The third-order valence-corrected chi connectivity index (χ3v) is 3.12. The minimum atomic E-state index is -0.399. The van der Waals surface area contributed by atoms with Crippen LogP contribution in [0.1, 0.15) is 18.4 Å². The molecule has 0 amide bonds. The van der Waals surface area contributed by atoms with E-state index < -0.39 is 5.97 Å². The molecule has 1 saturated heterocycles. The molecule has 0 N–H and O–H groups in total. The molecule has 0 bridgehead atoms. The molecule has 1 aromatic carbocycles. The molecule has 0 spiro atoms. The third-order valence-electron chi connectivity index (χ3n) is 2.63. The van der Waals surface area contributed by atoms with Crippen LogP contribution in [0.15, 0.2) is 28.7 Å². The van der Waals surface area contributed by atoms with Crippen molar-refractivity contribution in [1.82, 2.24) is 0 Å². The number of rotatable bonds is 3. The number of hydrogen-bond acceptors (Lipinski definition) is 3. The molecule has 0 aliphatic carbocycles. The Morgan fingerprint density at radius 1 is 1.38 bits per heavy atom. The molecule has 1 heterocycles. The molecule has 4 heteroatoms. The molecule has 1 fully saturated rings. The second kappa shape index (κ2) is 4.78. The standard InChI is InChI=1S/C12H11BrO3/c13-10-3-1-2-8(6-10)4-5-9-7-11(14)16-12(9)15/h1-3,6,9H,4-5,7H2. The Hall–Kier alpha value is -1.16. The van der Waals surface area contributed by atoms with Crippen LogP contribution in [-0.4, -0.2) is 11.9 Å². The predicted molar refractivity (Wildman–Crippen MR) is 61.7 cm³/mol. The van der Waals surface area contributed by atoms with Crippen molar-refractivity contribution in [2.45, 2.75) is 19.3 Å². The van der Waals surface area contributed by atoms with Crippen molar-refractivity contribution >= 4 is 27.9 Å². The molecule has 84 valence electrons. The van der Waals surface area contributed by atoms with Gasteiger partial charge in [0.1, 0.15) is 0 Å². The number of hydrogen-bond donors (Lipinski definition) is 0. The molecular formula is C12H11BrO3. The lowest BCUT2D eigenvalue weighted by Crippen LogP contribution is -2.08. The number of benzene rings is 1. The van der Waals surface area contributed by atoms with Gasteiger partial charge in [0.05, 0.1) is 12.3 Å². The zero-order valence-corrected chi connectivity index (χ0v) is 10.2. The Labute approximate surface area is 102 Å². The molecule has 0 aromatic heterocycles. The van der Waals surface area contributed by atoms with E-state index in [1.165, 1.54) is 0 Å². The molecule has 0 radical (unpaired) electrons. The maximum Gasteiger partial charge on any atom is 0.317 e. The Kier molecular flexibility index (Phi) is 3.39. The van der Waals surface area contributed by atoms with Crippen molar-refractivity contribution in [1.29, 1.82) is 0 Å². The Bertz CT molecular complexity index is 428. The van der Waals surface area contributed by atoms with Crippen molar-refractivity contribution in [3.63, 3.8) is 0 Å². The fraction of sp³-hybridized carbons (Fsp3) is 0.333. The molecular weight excluding hydrogens is 272 g/mol. The van der Waals surface area contributed by atoms with Crippen LogP contribution in [-0.2, 0) is 20.7 Å². The van der Waals surface area contributed by atoms with Gasteiger partial charge in [-0.1, -0.05) is 28.1 Å². The molecule has 16 heavy (non-hydrogen) atoms. The normalized spacial score (nSPS) is 19.9. The van der Waals surface area contributed by atoms with Crippen LogP contribution in [0.2, 0.25) is 0 Å². The van der Waals surface area contributed by atoms with E-state index in [0.29, 0.717) is 6.42 Å². The first-order valence-electron chi connectivity index (χ1n) is 5.14. The SMILES string of the molecule is O=C1CC(CCc2cccc(Br)c2)C(=O)O1. The van der Waals surface area contributed by atoms with Crippen LogP contribution in [0.3, 0.4) is 0 Å². The van der Waals surface area contributed by atoms with Crippen molar-refractivity contribution in [2.75, 3.05) is 0 Å². The number of ether oxygens (including phenoxy) is 1. The molecule has 3 nitrogen and oxygen atoms in total. The smallest absolute Gasteiger partial charge is 0.317 e. The van der Waals surface area contributed by atoms with Gasteiger partial charge in [-0.2, -0.15) is 0 Å². The van der Waals surface area contributed by atoms with E-state index in [1.807, 2.05) is 24.3 Å². The molecule has 0 saturated carbocycles. The number of cyclic esters (lactones) is 2. The summed E-state index contributed by atoms with van der Waals surface area (Å²) >= 11 is 3.39. The first-order valence-corrected chi connectivity index (χ1v) is 5.93. The topological polar surface area (TPSA) is 43.4 Å². The lowest BCUT2D eigenvalue weighted by molar-refractivity contribution is -0.153. The number of esters is 2. The minimum absolute atomic E-state index is 0.229. The Morgan fingerprint density at radius 2 is 2.19 bits per heavy atom. The fourth-order valence-electron chi connectivity index (χ4n) is 1.77. The first kappa shape index (κ1) is 11.3. The Balaban J connectivity index is 1.93. The van der Waals surface area contributed by atoms with E-state index in [0.717, 1.165) is 16.5 Å². The van der Waals surface area contributed by atoms with E-state index in [-0.39, 0.29) is 18.3 Å². The maximum atomic E-state index is 11.2. The average Bonchev–Trinajstić information content (AvgIpc) is 2.54. The van der Waals surface area contributed by atoms with Crippen molar-refractivity contribution in [3.8, 4) is 0 Å².